The fraction of sp³-hybridized carbons (Fsp3) is 0.462. The van der Waals surface area contributed by atoms with Crippen molar-refractivity contribution in [2.24, 2.45) is 5.92 Å². The molecule has 4 nitrogen and oxygen atoms in total. The molecular weight excluding hydrogens is 280 g/mol. The van der Waals surface area contributed by atoms with E-state index in [2.05, 4.69) is 16.0 Å². The lowest BCUT2D eigenvalue weighted by Gasteiger charge is -2.07. The van der Waals surface area contributed by atoms with Gasteiger partial charge in [0.25, 0.3) is 0 Å². The number of thioether (sulfide) groups is 1. The van der Waals surface area contributed by atoms with Crippen LogP contribution in [-0.4, -0.2) is 36.1 Å². The highest BCUT2D eigenvalue weighted by Gasteiger charge is 2.12. The van der Waals surface area contributed by atoms with Gasteiger partial charge >= 0.3 is 0 Å². The van der Waals surface area contributed by atoms with Gasteiger partial charge in [0.2, 0.25) is 0 Å². The zero-order valence-corrected chi connectivity index (χ0v) is 12.9. The summed E-state index contributed by atoms with van der Waals surface area (Å²) < 4.78 is 22.4. The predicted octanol–water partition coefficient (Wildman–Crippen LogP) is 2.64. The first-order chi connectivity index (χ1) is 8.83. The number of hydrogen-bond donors (Lipinski definition) is 1. The SMILES string of the molecule is Cc1ccc2nc(SC[C@@H](C)CS(C)(=O)=O)[nH]c2c1. The summed E-state index contributed by atoms with van der Waals surface area (Å²) in [5.41, 5.74) is 3.17. The summed E-state index contributed by atoms with van der Waals surface area (Å²) >= 11 is 1.57. The Hall–Kier alpha value is -1.01. The lowest BCUT2D eigenvalue weighted by Crippen LogP contribution is -2.13. The number of H-pyrrole nitrogens is 1. The number of aromatic amines is 1. The minimum absolute atomic E-state index is 0.120. The molecule has 2 rings (SSSR count). The van der Waals surface area contributed by atoms with Crippen molar-refractivity contribution in [2.45, 2.75) is 19.0 Å². The molecule has 1 aromatic heterocycles. The maximum Gasteiger partial charge on any atom is 0.166 e. The number of sulfone groups is 1. The van der Waals surface area contributed by atoms with Crippen molar-refractivity contribution in [3.8, 4) is 0 Å². The molecule has 6 heteroatoms. The molecule has 0 aliphatic heterocycles. The van der Waals surface area contributed by atoms with Gasteiger partial charge in [0.1, 0.15) is 9.84 Å². The van der Waals surface area contributed by atoms with Gasteiger partial charge < -0.3 is 4.98 Å². The number of imidazole rings is 1. The minimum atomic E-state index is -2.90. The van der Waals surface area contributed by atoms with Crippen LogP contribution in [0.3, 0.4) is 0 Å². The maximum atomic E-state index is 11.2. The fourth-order valence-electron chi connectivity index (χ4n) is 1.95. The first kappa shape index (κ1) is 14.4. The Kier molecular flexibility index (Phi) is 4.20. The van der Waals surface area contributed by atoms with Gasteiger partial charge in [-0.15, -0.1) is 0 Å². The second-order valence-corrected chi connectivity index (χ2v) is 8.26. The van der Waals surface area contributed by atoms with Crippen molar-refractivity contribution in [1.82, 2.24) is 9.97 Å². The zero-order valence-electron chi connectivity index (χ0n) is 11.3. The van der Waals surface area contributed by atoms with Crippen molar-refractivity contribution in [1.29, 1.82) is 0 Å². The molecule has 2 aromatic rings. The Bertz CT molecular complexity index is 677. The summed E-state index contributed by atoms with van der Waals surface area (Å²) in [6, 6.07) is 6.08. The van der Waals surface area contributed by atoms with Crippen LogP contribution < -0.4 is 0 Å². The number of nitrogens with one attached hydrogen (secondary N) is 1. The summed E-state index contributed by atoms with van der Waals surface area (Å²) in [7, 11) is -2.90. The highest BCUT2D eigenvalue weighted by molar-refractivity contribution is 7.99. The lowest BCUT2D eigenvalue weighted by molar-refractivity contribution is 0.589. The average Bonchev–Trinajstić information content (AvgIpc) is 2.66. The van der Waals surface area contributed by atoms with Crippen LogP contribution >= 0.6 is 11.8 Å². The van der Waals surface area contributed by atoms with E-state index in [0.29, 0.717) is 0 Å². The average molecular weight is 298 g/mol. The molecular formula is C13H18N2O2S2. The van der Waals surface area contributed by atoms with E-state index in [1.807, 2.05) is 26.0 Å². The molecule has 0 amide bonds. The van der Waals surface area contributed by atoms with Crippen molar-refractivity contribution in [3.05, 3.63) is 23.8 Å². The monoisotopic (exact) mass is 298 g/mol. The van der Waals surface area contributed by atoms with Crippen LogP contribution in [-0.2, 0) is 9.84 Å². The van der Waals surface area contributed by atoms with Gasteiger partial charge in [0, 0.05) is 12.0 Å². The molecule has 1 atom stereocenters. The van der Waals surface area contributed by atoms with E-state index in [1.165, 1.54) is 11.8 Å². The first-order valence-electron chi connectivity index (χ1n) is 6.10. The van der Waals surface area contributed by atoms with Crippen molar-refractivity contribution < 1.29 is 8.42 Å². The third kappa shape index (κ3) is 4.24. The Balaban J connectivity index is 2.02. The third-order valence-corrected chi connectivity index (χ3v) is 5.08. The second kappa shape index (κ2) is 5.54. The van der Waals surface area contributed by atoms with Gasteiger partial charge in [-0.3, -0.25) is 0 Å². The molecule has 0 unspecified atom stereocenters. The molecule has 0 aliphatic rings. The molecule has 1 N–H and O–H groups in total. The van der Waals surface area contributed by atoms with E-state index in [1.54, 1.807) is 11.8 Å². The number of fused-ring (bicyclic) bond motifs is 1. The largest absolute Gasteiger partial charge is 0.333 e. The number of hydrogen-bond acceptors (Lipinski definition) is 4. The summed E-state index contributed by atoms with van der Waals surface area (Å²) in [5, 5.41) is 0.848. The van der Waals surface area contributed by atoms with E-state index >= 15 is 0 Å². The smallest absolute Gasteiger partial charge is 0.166 e. The zero-order chi connectivity index (χ0) is 14.0. The fourth-order valence-corrected chi connectivity index (χ4v) is 4.16. The van der Waals surface area contributed by atoms with Gasteiger partial charge in [-0.1, -0.05) is 24.8 Å². The van der Waals surface area contributed by atoms with E-state index in [4.69, 9.17) is 0 Å². The van der Waals surface area contributed by atoms with Gasteiger partial charge in [-0.05, 0) is 30.5 Å². The van der Waals surface area contributed by atoms with Crippen LogP contribution in [0.25, 0.3) is 11.0 Å². The van der Waals surface area contributed by atoms with Gasteiger partial charge in [0.05, 0.1) is 16.8 Å². The predicted molar refractivity (Wildman–Crippen MR) is 80.4 cm³/mol. The van der Waals surface area contributed by atoms with Gasteiger partial charge in [0.15, 0.2) is 5.16 Å². The molecule has 0 saturated heterocycles. The van der Waals surface area contributed by atoms with Crippen LogP contribution in [0.15, 0.2) is 23.4 Å². The lowest BCUT2D eigenvalue weighted by atomic mass is 10.2. The van der Waals surface area contributed by atoms with E-state index in [0.717, 1.165) is 21.9 Å². The van der Waals surface area contributed by atoms with Crippen molar-refractivity contribution >= 4 is 32.6 Å². The van der Waals surface area contributed by atoms with E-state index in [-0.39, 0.29) is 11.7 Å². The number of benzene rings is 1. The highest BCUT2D eigenvalue weighted by Crippen LogP contribution is 2.22. The summed E-state index contributed by atoms with van der Waals surface area (Å²) in [4.78, 5) is 7.74. The summed E-state index contributed by atoms with van der Waals surface area (Å²) in [6.07, 6.45) is 1.28. The standard InChI is InChI=1S/C13H18N2O2S2/c1-9-4-5-11-12(6-9)15-13(14-11)18-7-10(2)8-19(3,16)17/h4-6,10H,7-8H2,1-3H3,(H,14,15)/t10-/m1/s1. The minimum Gasteiger partial charge on any atom is -0.333 e. The summed E-state index contributed by atoms with van der Waals surface area (Å²) in [5.74, 6) is 1.08. The topological polar surface area (TPSA) is 62.8 Å². The maximum absolute atomic E-state index is 11.2. The number of aromatic nitrogens is 2. The Morgan fingerprint density at radius 3 is 2.84 bits per heavy atom. The van der Waals surface area contributed by atoms with E-state index < -0.39 is 9.84 Å². The highest BCUT2D eigenvalue weighted by atomic mass is 32.2. The van der Waals surface area contributed by atoms with Crippen molar-refractivity contribution in [2.75, 3.05) is 17.8 Å². The third-order valence-electron chi connectivity index (χ3n) is 2.71. The molecule has 1 heterocycles. The molecule has 0 radical (unpaired) electrons. The quantitative estimate of drug-likeness (QED) is 0.862. The molecule has 1 aromatic carbocycles. The molecule has 0 aliphatic carbocycles. The van der Waals surface area contributed by atoms with Crippen LogP contribution in [0.4, 0.5) is 0 Å². The molecule has 0 saturated carbocycles. The Morgan fingerprint density at radius 1 is 1.42 bits per heavy atom. The van der Waals surface area contributed by atoms with E-state index in [9.17, 15) is 8.42 Å². The van der Waals surface area contributed by atoms with Crippen LogP contribution in [0, 0.1) is 12.8 Å². The Labute approximate surface area is 117 Å². The molecule has 19 heavy (non-hydrogen) atoms. The first-order valence-corrected chi connectivity index (χ1v) is 9.15. The number of aryl methyl sites for hydroxylation is 1. The normalized spacial score (nSPS) is 13.8. The molecule has 104 valence electrons. The van der Waals surface area contributed by atoms with Crippen LogP contribution in [0.2, 0.25) is 0 Å². The van der Waals surface area contributed by atoms with Crippen molar-refractivity contribution in [3.63, 3.8) is 0 Å². The van der Waals surface area contributed by atoms with Crippen LogP contribution in [0.1, 0.15) is 12.5 Å². The van der Waals surface area contributed by atoms with Gasteiger partial charge in [-0.2, -0.15) is 0 Å². The second-order valence-electron chi connectivity index (χ2n) is 5.07. The Morgan fingerprint density at radius 2 is 2.16 bits per heavy atom. The van der Waals surface area contributed by atoms with Gasteiger partial charge in [-0.25, -0.2) is 13.4 Å². The summed E-state index contributed by atoms with van der Waals surface area (Å²) in [6.45, 7) is 3.99. The molecule has 0 bridgehead atoms. The number of nitrogens with zero attached hydrogens (tertiary/aromatic N) is 1. The molecule has 0 spiro atoms. The number of rotatable bonds is 5. The molecule has 0 fully saturated rings. The van der Waals surface area contributed by atoms with Crippen LogP contribution in [0.5, 0.6) is 0 Å².